The number of hydrogen-bond acceptors (Lipinski definition) is 5. The second-order valence-electron chi connectivity index (χ2n) is 5.46. The zero-order valence-corrected chi connectivity index (χ0v) is 13.6. The number of hydrogen-bond donors (Lipinski definition) is 1. The van der Waals surface area contributed by atoms with Gasteiger partial charge in [0.05, 0.1) is 12.8 Å². The molecule has 0 bridgehead atoms. The second-order valence-corrected chi connectivity index (χ2v) is 5.46. The predicted octanol–water partition coefficient (Wildman–Crippen LogP) is 2.81. The van der Waals surface area contributed by atoms with Crippen molar-refractivity contribution in [3.63, 3.8) is 0 Å². The van der Waals surface area contributed by atoms with Crippen LogP contribution >= 0.6 is 0 Å². The summed E-state index contributed by atoms with van der Waals surface area (Å²) in [5.41, 5.74) is 3.84. The fraction of sp³-hybridized carbons (Fsp3) is 0.294. The lowest BCUT2D eigenvalue weighted by Crippen LogP contribution is -2.36. The van der Waals surface area contributed by atoms with Crippen LogP contribution in [0.4, 0.5) is 17.2 Å². The third-order valence-corrected chi connectivity index (χ3v) is 4.02. The van der Waals surface area contributed by atoms with Crippen molar-refractivity contribution in [1.82, 2.24) is 4.98 Å². The Bertz CT molecular complexity index is 774. The van der Waals surface area contributed by atoms with Crippen molar-refractivity contribution >= 4 is 23.1 Å². The predicted molar refractivity (Wildman–Crippen MR) is 88.9 cm³/mol. The molecule has 3 rings (SSSR count). The molecule has 23 heavy (non-hydrogen) atoms. The molecule has 0 aliphatic carbocycles. The summed E-state index contributed by atoms with van der Waals surface area (Å²) >= 11 is 0. The summed E-state index contributed by atoms with van der Waals surface area (Å²) in [4.78, 5) is 17.5. The van der Waals surface area contributed by atoms with Crippen molar-refractivity contribution < 1.29 is 14.3 Å². The van der Waals surface area contributed by atoms with Crippen molar-refractivity contribution in [3.05, 3.63) is 35.5 Å². The van der Waals surface area contributed by atoms with Gasteiger partial charge in [0.1, 0.15) is 5.75 Å². The number of pyridine rings is 1. The van der Waals surface area contributed by atoms with Gasteiger partial charge in [-0.2, -0.15) is 0 Å². The number of nitrogens with zero attached hydrogens (tertiary/aromatic N) is 2. The van der Waals surface area contributed by atoms with Crippen molar-refractivity contribution in [2.24, 2.45) is 0 Å². The molecule has 0 unspecified atom stereocenters. The van der Waals surface area contributed by atoms with Crippen LogP contribution in [0.25, 0.3) is 0 Å². The molecule has 1 aliphatic heterocycles. The maximum absolute atomic E-state index is 11.7. The van der Waals surface area contributed by atoms with E-state index in [1.807, 2.05) is 32.0 Å². The number of aromatic nitrogens is 1. The molecule has 0 saturated carbocycles. The van der Waals surface area contributed by atoms with Crippen LogP contribution in [0.2, 0.25) is 0 Å². The lowest BCUT2D eigenvalue weighted by Gasteiger charge is -2.27. The van der Waals surface area contributed by atoms with Gasteiger partial charge in [0.15, 0.2) is 18.2 Å². The Hall–Kier alpha value is -2.76. The average molecular weight is 313 g/mol. The first-order chi connectivity index (χ1) is 11.0. The number of likely N-dealkylation sites (N-methyl/N-ethyl adjacent to an activating group) is 1. The number of methoxy groups -OCH3 is 1. The number of fused-ring (bicyclic) bond motifs is 1. The summed E-state index contributed by atoms with van der Waals surface area (Å²) in [7, 11) is 3.35. The molecular weight excluding hydrogens is 294 g/mol. The highest BCUT2D eigenvalue weighted by molar-refractivity contribution is 5.97. The topological polar surface area (TPSA) is 63.7 Å². The van der Waals surface area contributed by atoms with Crippen LogP contribution in [-0.4, -0.2) is 31.7 Å². The van der Waals surface area contributed by atoms with E-state index in [2.05, 4.69) is 10.3 Å². The molecule has 0 atom stereocenters. The molecule has 0 saturated heterocycles. The first kappa shape index (κ1) is 15.1. The molecule has 2 aromatic rings. The van der Waals surface area contributed by atoms with E-state index in [1.54, 1.807) is 20.4 Å². The fourth-order valence-electron chi connectivity index (χ4n) is 2.64. The van der Waals surface area contributed by atoms with Gasteiger partial charge >= 0.3 is 0 Å². The Balaban J connectivity index is 2.04. The number of rotatable bonds is 3. The summed E-state index contributed by atoms with van der Waals surface area (Å²) in [6, 6.07) is 5.78. The van der Waals surface area contributed by atoms with E-state index in [0.717, 1.165) is 28.3 Å². The zero-order chi connectivity index (χ0) is 16.6. The quantitative estimate of drug-likeness (QED) is 0.944. The number of amides is 1. The van der Waals surface area contributed by atoms with Gasteiger partial charge in [-0.05, 0) is 31.5 Å². The van der Waals surface area contributed by atoms with Crippen LogP contribution in [0.15, 0.2) is 24.4 Å². The van der Waals surface area contributed by atoms with E-state index in [0.29, 0.717) is 11.6 Å². The first-order valence-corrected chi connectivity index (χ1v) is 7.32. The fourth-order valence-corrected chi connectivity index (χ4v) is 2.64. The molecule has 0 spiro atoms. The van der Waals surface area contributed by atoms with E-state index >= 15 is 0 Å². The number of carbonyl (C=O) groups excluding carboxylic acids is 1. The Morgan fingerprint density at radius 1 is 1.30 bits per heavy atom. The third-order valence-electron chi connectivity index (χ3n) is 4.02. The molecule has 1 N–H and O–H groups in total. The molecule has 6 heteroatoms. The molecule has 120 valence electrons. The van der Waals surface area contributed by atoms with Gasteiger partial charge in [0, 0.05) is 24.5 Å². The van der Waals surface area contributed by atoms with Crippen LogP contribution in [0.5, 0.6) is 11.5 Å². The molecule has 1 aromatic heterocycles. The van der Waals surface area contributed by atoms with Crippen LogP contribution in [0.3, 0.4) is 0 Å². The van der Waals surface area contributed by atoms with Gasteiger partial charge in [0.25, 0.3) is 5.91 Å². The Kier molecular flexibility index (Phi) is 3.82. The Morgan fingerprint density at radius 2 is 2.09 bits per heavy atom. The van der Waals surface area contributed by atoms with Crippen LogP contribution < -0.4 is 19.7 Å². The highest BCUT2D eigenvalue weighted by Crippen LogP contribution is 2.39. The van der Waals surface area contributed by atoms with Crippen molar-refractivity contribution in [2.45, 2.75) is 13.8 Å². The largest absolute Gasteiger partial charge is 0.496 e. The van der Waals surface area contributed by atoms with E-state index in [4.69, 9.17) is 9.47 Å². The van der Waals surface area contributed by atoms with Crippen molar-refractivity contribution in [2.75, 3.05) is 31.0 Å². The maximum atomic E-state index is 11.7. The van der Waals surface area contributed by atoms with E-state index in [-0.39, 0.29) is 12.5 Å². The normalized spacial score (nSPS) is 13.4. The molecule has 1 amide bonds. The number of carbonyl (C=O) groups is 1. The minimum absolute atomic E-state index is 0.0138. The number of benzene rings is 1. The highest BCUT2D eigenvalue weighted by atomic mass is 16.5. The number of nitrogens with one attached hydrogen (secondary N) is 1. The molecule has 6 nitrogen and oxygen atoms in total. The monoisotopic (exact) mass is 313 g/mol. The minimum atomic E-state index is -0.115. The van der Waals surface area contributed by atoms with Crippen LogP contribution in [0, 0.1) is 13.8 Å². The molecule has 2 heterocycles. The molecule has 1 aromatic carbocycles. The summed E-state index contributed by atoms with van der Waals surface area (Å²) in [6.07, 6.45) is 1.66. The lowest BCUT2D eigenvalue weighted by atomic mass is 10.1. The van der Waals surface area contributed by atoms with E-state index in [1.165, 1.54) is 4.90 Å². The summed E-state index contributed by atoms with van der Waals surface area (Å²) in [6.45, 7) is 4.04. The van der Waals surface area contributed by atoms with Crippen molar-refractivity contribution in [1.29, 1.82) is 0 Å². The second kappa shape index (κ2) is 5.79. The standard InChI is InChI=1S/C17H19N3O3/c1-10-5-6-13(22-4)11(2)15(10)19-12-7-8-18-17-16(12)23-9-14(21)20(17)3/h5-8H,9H2,1-4H3,(H,18,19). The Labute approximate surface area is 135 Å². The number of ether oxygens (including phenoxy) is 2. The van der Waals surface area contributed by atoms with Gasteiger partial charge in [0.2, 0.25) is 0 Å². The molecule has 0 fully saturated rings. The molecular formula is C17H19N3O3. The minimum Gasteiger partial charge on any atom is -0.496 e. The van der Waals surface area contributed by atoms with E-state index < -0.39 is 0 Å². The summed E-state index contributed by atoms with van der Waals surface area (Å²) in [5, 5.41) is 3.40. The van der Waals surface area contributed by atoms with E-state index in [9.17, 15) is 4.79 Å². The van der Waals surface area contributed by atoms with Gasteiger partial charge in [-0.25, -0.2) is 4.98 Å². The van der Waals surface area contributed by atoms with Gasteiger partial charge in [-0.15, -0.1) is 0 Å². The number of anilines is 3. The van der Waals surface area contributed by atoms with Gasteiger partial charge in [-0.3, -0.25) is 9.69 Å². The zero-order valence-electron chi connectivity index (χ0n) is 13.6. The summed E-state index contributed by atoms with van der Waals surface area (Å²) < 4.78 is 11.0. The van der Waals surface area contributed by atoms with Crippen LogP contribution in [-0.2, 0) is 4.79 Å². The average Bonchev–Trinajstić information content (AvgIpc) is 2.55. The van der Waals surface area contributed by atoms with Gasteiger partial charge in [-0.1, -0.05) is 6.07 Å². The summed E-state index contributed by atoms with van der Waals surface area (Å²) in [5.74, 6) is 1.80. The lowest BCUT2D eigenvalue weighted by molar-refractivity contribution is -0.121. The Morgan fingerprint density at radius 3 is 2.83 bits per heavy atom. The van der Waals surface area contributed by atoms with Gasteiger partial charge < -0.3 is 14.8 Å². The molecule has 1 aliphatic rings. The number of aryl methyl sites for hydroxylation is 1. The van der Waals surface area contributed by atoms with Crippen LogP contribution in [0.1, 0.15) is 11.1 Å². The molecule has 0 radical (unpaired) electrons. The SMILES string of the molecule is COc1ccc(C)c(Nc2ccnc3c2OCC(=O)N3C)c1C. The maximum Gasteiger partial charge on any atom is 0.265 e. The van der Waals surface area contributed by atoms with Crippen molar-refractivity contribution in [3.8, 4) is 11.5 Å². The highest BCUT2D eigenvalue weighted by Gasteiger charge is 2.26. The smallest absolute Gasteiger partial charge is 0.265 e. The third kappa shape index (κ3) is 2.56. The first-order valence-electron chi connectivity index (χ1n) is 7.32.